The van der Waals surface area contributed by atoms with Crippen molar-refractivity contribution in [1.82, 2.24) is 4.98 Å². The first-order valence-electron chi connectivity index (χ1n) is 6.64. The Morgan fingerprint density at radius 1 is 1.35 bits per heavy atom. The van der Waals surface area contributed by atoms with Crippen LogP contribution in [0.25, 0.3) is 0 Å². The van der Waals surface area contributed by atoms with Crippen molar-refractivity contribution in [2.24, 2.45) is 0 Å². The number of benzene rings is 1. The third-order valence-electron chi connectivity index (χ3n) is 2.88. The molecule has 23 heavy (non-hydrogen) atoms. The lowest BCUT2D eigenvalue weighted by molar-refractivity contribution is -0.383. The van der Waals surface area contributed by atoms with Gasteiger partial charge in [-0.2, -0.15) is 0 Å². The molecule has 0 spiro atoms. The fourth-order valence-corrected chi connectivity index (χ4v) is 3.58. The summed E-state index contributed by atoms with van der Waals surface area (Å²) in [6.07, 6.45) is 1.41. The van der Waals surface area contributed by atoms with Crippen LogP contribution in [-0.2, 0) is 9.09 Å². The SMILES string of the molecule is CCOP(C)(=O)c1cc(Oc2ccc(Cl)cn2)ccc1[N+](=O)[O-]. The van der Waals surface area contributed by atoms with E-state index in [4.69, 9.17) is 20.9 Å². The Morgan fingerprint density at radius 3 is 2.65 bits per heavy atom. The summed E-state index contributed by atoms with van der Waals surface area (Å²) in [6, 6.07) is 7.13. The molecule has 0 N–H and O–H groups in total. The molecule has 9 heteroatoms. The standard InChI is InChI=1S/C14H14ClN2O5P/c1-3-21-23(2,20)13-8-11(5-6-12(13)17(18)19)22-14-7-4-10(15)9-16-14/h4-9H,3H2,1-2H3. The number of halogens is 1. The predicted molar refractivity (Wildman–Crippen MR) is 87.2 cm³/mol. The van der Waals surface area contributed by atoms with E-state index in [0.29, 0.717) is 5.02 Å². The second-order valence-electron chi connectivity index (χ2n) is 4.59. The van der Waals surface area contributed by atoms with Gasteiger partial charge in [0.05, 0.1) is 16.6 Å². The van der Waals surface area contributed by atoms with Crippen LogP contribution in [0.15, 0.2) is 36.5 Å². The summed E-state index contributed by atoms with van der Waals surface area (Å²) in [5, 5.41) is 11.6. The minimum atomic E-state index is -3.34. The first-order valence-corrected chi connectivity index (χ1v) is 9.09. The van der Waals surface area contributed by atoms with Gasteiger partial charge < -0.3 is 9.26 Å². The van der Waals surface area contributed by atoms with Gasteiger partial charge in [0.1, 0.15) is 11.1 Å². The minimum Gasteiger partial charge on any atom is -0.439 e. The molecule has 0 aliphatic carbocycles. The molecule has 0 radical (unpaired) electrons. The summed E-state index contributed by atoms with van der Waals surface area (Å²) in [5.41, 5.74) is -0.277. The number of aromatic nitrogens is 1. The maximum absolute atomic E-state index is 12.6. The highest BCUT2D eigenvalue weighted by Crippen LogP contribution is 2.45. The molecule has 1 aromatic carbocycles. The quantitative estimate of drug-likeness (QED) is 0.441. The van der Waals surface area contributed by atoms with E-state index in [1.165, 1.54) is 31.1 Å². The predicted octanol–water partition coefficient (Wildman–Crippen LogP) is 4.01. The van der Waals surface area contributed by atoms with E-state index in [9.17, 15) is 14.7 Å². The molecule has 0 amide bonds. The van der Waals surface area contributed by atoms with Crippen LogP contribution in [0.1, 0.15) is 6.92 Å². The van der Waals surface area contributed by atoms with Gasteiger partial charge in [-0.1, -0.05) is 11.6 Å². The van der Waals surface area contributed by atoms with Crippen LogP contribution in [0.4, 0.5) is 5.69 Å². The molecule has 122 valence electrons. The second-order valence-corrected chi connectivity index (χ2v) is 7.46. The zero-order valence-electron chi connectivity index (χ0n) is 12.4. The first-order chi connectivity index (χ1) is 10.8. The maximum atomic E-state index is 12.6. The summed E-state index contributed by atoms with van der Waals surface area (Å²) in [7, 11) is -3.34. The molecule has 1 unspecified atom stereocenters. The fraction of sp³-hybridized carbons (Fsp3) is 0.214. The molecule has 0 aliphatic rings. The Kier molecular flexibility index (Phi) is 5.36. The van der Waals surface area contributed by atoms with Crippen LogP contribution >= 0.6 is 19.0 Å². The van der Waals surface area contributed by atoms with Gasteiger partial charge >= 0.3 is 0 Å². The van der Waals surface area contributed by atoms with Crippen molar-refractivity contribution in [2.75, 3.05) is 13.3 Å². The van der Waals surface area contributed by atoms with Gasteiger partial charge in [0, 0.05) is 31.1 Å². The topological polar surface area (TPSA) is 91.6 Å². The van der Waals surface area contributed by atoms with Crippen LogP contribution in [0.2, 0.25) is 5.02 Å². The van der Waals surface area contributed by atoms with Crippen LogP contribution in [0, 0.1) is 10.1 Å². The van der Waals surface area contributed by atoms with Gasteiger partial charge in [0.15, 0.2) is 0 Å². The fourth-order valence-electron chi connectivity index (χ4n) is 1.91. The average molecular weight is 357 g/mol. The van der Waals surface area contributed by atoms with Crippen molar-refractivity contribution in [1.29, 1.82) is 0 Å². The summed E-state index contributed by atoms with van der Waals surface area (Å²) in [5.74, 6) is 0.527. The summed E-state index contributed by atoms with van der Waals surface area (Å²) in [6.45, 7) is 3.18. The average Bonchev–Trinajstić information content (AvgIpc) is 2.49. The van der Waals surface area contributed by atoms with Crippen molar-refractivity contribution >= 4 is 30.0 Å². The number of rotatable bonds is 6. The van der Waals surface area contributed by atoms with E-state index in [2.05, 4.69) is 4.98 Å². The Morgan fingerprint density at radius 2 is 2.09 bits per heavy atom. The lowest BCUT2D eigenvalue weighted by Crippen LogP contribution is -2.12. The molecule has 0 bridgehead atoms. The van der Waals surface area contributed by atoms with Gasteiger partial charge in [0.2, 0.25) is 13.2 Å². The number of nitro benzene ring substituents is 1. The van der Waals surface area contributed by atoms with Crippen LogP contribution in [0.3, 0.4) is 0 Å². The molecule has 0 saturated heterocycles. The Bertz CT molecular complexity index is 766. The highest BCUT2D eigenvalue weighted by atomic mass is 35.5. The Hall–Kier alpha value is -1.95. The molecule has 2 aromatic rings. The monoisotopic (exact) mass is 356 g/mol. The van der Waals surface area contributed by atoms with Gasteiger partial charge in [0.25, 0.3) is 5.69 Å². The largest absolute Gasteiger partial charge is 0.439 e. The van der Waals surface area contributed by atoms with Gasteiger partial charge in [-0.15, -0.1) is 0 Å². The lowest BCUT2D eigenvalue weighted by Gasteiger charge is -2.14. The van der Waals surface area contributed by atoms with E-state index < -0.39 is 12.3 Å². The van der Waals surface area contributed by atoms with E-state index in [-0.39, 0.29) is 29.2 Å². The summed E-state index contributed by atoms with van der Waals surface area (Å²) >= 11 is 5.74. The zero-order chi connectivity index (χ0) is 17.0. The molecule has 0 aliphatic heterocycles. The molecule has 0 fully saturated rings. The molecule has 1 heterocycles. The van der Waals surface area contributed by atoms with Gasteiger partial charge in [-0.25, -0.2) is 4.98 Å². The molecular formula is C14H14ClN2O5P. The maximum Gasteiger partial charge on any atom is 0.282 e. The number of nitrogens with zero attached hydrogens (tertiary/aromatic N) is 2. The van der Waals surface area contributed by atoms with E-state index >= 15 is 0 Å². The van der Waals surface area contributed by atoms with E-state index in [1.54, 1.807) is 19.1 Å². The molecular weight excluding hydrogens is 343 g/mol. The van der Waals surface area contributed by atoms with Crippen LogP contribution in [-0.4, -0.2) is 23.2 Å². The van der Waals surface area contributed by atoms with E-state index in [0.717, 1.165) is 0 Å². The van der Waals surface area contributed by atoms with Gasteiger partial charge in [-0.05, 0) is 19.1 Å². The minimum absolute atomic E-state index is 0.00388. The molecule has 1 atom stereocenters. The molecule has 7 nitrogen and oxygen atoms in total. The van der Waals surface area contributed by atoms with E-state index in [1.807, 2.05) is 0 Å². The van der Waals surface area contributed by atoms with Crippen LogP contribution < -0.4 is 10.0 Å². The molecule has 1 aromatic heterocycles. The molecule has 0 saturated carbocycles. The van der Waals surface area contributed by atoms with Crippen molar-refractivity contribution < 1.29 is 18.7 Å². The third-order valence-corrected chi connectivity index (χ3v) is 5.09. The summed E-state index contributed by atoms with van der Waals surface area (Å²) in [4.78, 5) is 14.5. The normalized spacial score (nSPS) is 13.3. The number of hydrogen-bond acceptors (Lipinski definition) is 6. The van der Waals surface area contributed by atoms with Crippen LogP contribution in [0.5, 0.6) is 11.6 Å². The second kappa shape index (κ2) is 7.08. The number of hydrogen-bond donors (Lipinski definition) is 0. The smallest absolute Gasteiger partial charge is 0.282 e. The van der Waals surface area contributed by atoms with Crippen molar-refractivity contribution in [3.63, 3.8) is 0 Å². The highest BCUT2D eigenvalue weighted by molar-refractivity contribution is 7.66. The first kappa shape index (κ1) is 17.4. The summed E-state index contributed by atoms with van der Waals surface area (Å²) < 4.78 is 23.3. The highest BCUT2D eigenvalue weighted by Gasteiger charge is 2.29. The zero-order valence-corrected chi connectivity index (χ0v) is 14.1. The van der Waals surface area contributed by atoms with Crippen molar-refractivity contribution in [2.45, 2.75) is 6.92 Å². The Balaban J connectivity index is 2.41. The third kappa shape index (κ3) is 4.28. The van der Waals surface area contributed by atoms with Gasteiger partial charge in [-0.3, -0.25) is 14.7 Å². The van der Waals surface area contributed by atoms with Crippen molar-refractivity contribution in [3.05, 3.63) is 51.7 Å². The Labute approximate surface area is 137 Å². The number of pyridine rings is 1. The number of ether oxygens (including phenoxy) is 1. The number of nitro groups is 1. The molecule has 2 rings (SSSR count). The van der Waals surface area contributed by atoms with Crippen molar-refractivity contribution in [3.8, 4) is 11.6 Å². The lowest BCUT2D eigenvalue weighted by atomic mass is 10.3.